The van der Waals surface area contributed by atoms with Gasteiger partial charge < -0.3 is 15.6 Å². The maximum atomic E-state index is 13.7. The monoisotopic (exact) mass is 591 g/mol. The summed E-state index contributed by atoms with van der Waals surface area (Å²) in [5.74, 6) is 2.04. The number of carbonyl (C=O) groups is 2. The number of pyridine rings is 1. The Morgan fingerprint density at radius 2 is 1.75 bits per heavy atom. The summed E-state index contributed by atoms with van der Waals surface area (Å²) in [6.45, 7) is 8.71. The predicted molar refractivity (Wildman–Crippen MR) is 174 cm³/mol. The number of nitrogen functional groups attached to an aromatic ring is 1. The van der Waals surface area contributed by atoms with Crippen molar-refractivity contribution in [3.8, 4) is 5.75 Å². The molecule has 0 saturated heterocycles. The van der Waals surface area contributed by atoms with Crippen LogP contribution in [0.25, 0.3) is 5.76 Å². The number of benzene rings is 2. The van der Waals surface area contributed by atoms with Crippen LogP contribution in [0.5, 0.6) is 5.75 Å². The lowest BCUT2D eigenvalue weighted by molar-refractivity contribution is 0.0988. The van der Waals surface area contributed by atoms with Crippen LogP contribution in [0.1, 0.15) is 109 Å². The summed E-state index contributed by atoms with van der Waals surface area (Å²) in [6, 6.07) is 13.1. The lowest BCUT2D eigenvalue weighted by Gasteiger charge is -2.27. The van der Waals surface area contributed by atoms with Gasteiger partial charge in [-0.05, 0) is 90.5 Å². The third-order valence-corrected chi connectivity index (χ3v) is 9.20. The van der Waals surface area contributed by atoms with E-state index in [-0.39, 0.29) is 35.4 Å². The summed E-state index contributed by atoms with van der Waals surface area (Å²) in [4.78, 5) is 36.0. The second-order valence-electron chi connectivity index (χ2n) is 13.2. The van der Waals surface area contributed by atoms with Crippen molar-refractivity contribution in [3.05, 3.63) is 87.6 Å². The fourth-order valence-corrected chi connectivity index (χ4v) is 7.02. The molecular formula is C37H41N3O4. The summed E-state index contributed by atoms with van der Waals surface area (Å²) >= 11 is 0. The van der Waals surface area contributed by atoms with E-state index in [1.165, 1.54) is 24.6 Å². The number of hydrogen-bond donors (Lipinski definition) is 2. The highest BCUT2D eigenvalue weighted by Gasteiger charge is 2.34. The number of anilines is 1. The molecule has 0 atom stereocenters. The van der Waals surface area contributed by atoms with E-state index >= 15 is 0 Å². The highest BCUT2D eigenvalue weighted by Crippen LogP contribution is 2.38. The lowest BCUT2D eigenvalue weighted by Crippen LogP contribution is -2.29. The lowest BCUT2D eigenvalue weighted by atomic mass is 9.92. The van der Waals surface area contributed by atoms with Gasteiger partial charge in [0.05, 0.1) is 23.2 Å². The number of carbonyl (C=O) groups excluding carboxylic acids is 2. The molecule has 0 radical (unpaired) electrons. The number of fused-ring (bicyclic) bond motifs is 2. The molecule has 1 aromatic heterocycles. The molecule has 44 heavy (non-hydrogen) atoms. The fraction of sp³-hybridized carbons (Fsp3) is 0.405. The molecule has 1 aliphatic heterocycles. The van der Waals surface area contributed by atoms with E-state index in [0.717, 1.165) is 29.7 Å². The van der Waals surface area contributed by atoms with E-state index < -0.39 is 0 Å². The fourth-order valence-electron chi connectivity index (χ4n) is 7.02. The molecule has 6 rings (SSSR count). The van der Waals surface area contributed by atoms with E-state index in [9.17, 15) is 14.7 Å². The van der Waals surface area contributed by atoms with Gasteiger partial charge in [0.2, 0.25) is 0 Å². The summed E-state index contributed by atoms with van der Waals surface area (Å²) in [7, 11) is 0. The molecular weight excluding hydrogens is 550 g/mol. The minimum Gasteiger partial charge on any atom is -0.506 e. The number of ether oxygens (including phenoxy) is 1. The van der Waals surface area contributed by atoms with Gasteiger partial charge in [-0.1, -0.05) is 52.7 Å². The highest BCUT2D eigenvalue weighted by molar-refractivity contribution is 6.36. The van der Waals surface area contributed by atoms with Gasteiger partial charge in [0.15, 0.2) is 17.4 Å². The first-order valence-electron chi connectivity index (χ1n) is 15.9. The number of nitrogens with two attached hydrogens (primary N) is 1. The number of aryl methyl sites for hydroxylation is 1. The van der Waals surface area contributed by atoms with Crippen molar-refractivity contribution >= 4 is 34.5 Å². The van der Waals surface area contributed by atoms with Gasteiger partial charge >= 0.3 is 0 Å². The van der Waals surface area contributed by atoms with Gasteiger partial charge in [-0.15, -0.1) is 0 Å². The molecule has 0 spiro atoms. The predicted octanol–water partition coefficient (Wildman–Crippen LogP) is 7.99. The van der Waals surface area contributed by atoms with Gasteiger partial charge in [0.25, 0.3) is 0 Å². The van der Waals surface area contributed by atoms with Gasteiger partial charge in [0, 0.05) is 23.1 Å². The van der Waals surface area contributed by atoms with Crippen molar-refractivity contribution in [3.63, 3.8) is 0 Å². The normalized spacial score (nSPS) is 16.6. The molecule has 1 fully saturated rings. The zero-order chi connectivity index (χ0) is 31.1. The molecule has 0 amide bonds. The number of aliphatic imine (C=N–C) groups is 1. The molecule has 1 saturated carbocycles. The standard InChI is InChI=1S/C37H41N3O4/c1-20(2)36(21(3)4)44-28-14-22(13-26(17-28)23-7-5-6-8-23)15-32(41)24-9-11-29-30(18-24)35(43)33(34(29)42)31-12-10-25-16-27(38)19-39-37(25)40-31/h9,11,13-14,16-21,23,36,43H,5-8,10,12,15,38H2,1-4H3. The number of nitrogens with zero attached hydrogens (tertiary/aromatic N) is 2. The first-order chi connectivity index (χ1) is 21.1. The van der Waals surface area contributed by atoms with Crippen molar-refractivity contribution in [1.82, 2.24) is 4.98 Å². The van der Waals surface area contributed by atoms with E-state index in [2.05, 4.69) is 49.8 Å². The third-order valence-electron chi connectivity index (χ3n) is 9.20. The first kappa shape index (κ1) is 29.8. The topological polar surface area (TPSA) is 115 Å². The number of Topliss-reactive ketones (excluding diaryl/α,β-unsaturated/α-hetero) is 2. The summed E-state index contributed by atoms with van der Waals surface area (Å²) < 4.78 is 6.54. The number of rotatable bonds is 9. The summed E-state index contributed by atoms with van der Waals surface area (Å²) in [5.41, 5.74) is 11.4. The van der Waals surface area contributed by atoms with Crippen molar-refractivity contribution in [2.24, 2.45) is 16.8 Å². The van der Waals surface area contributed by atoms with Crippen LogP contribution in [0, 0.1) is 11.8 Å². The quantitative estimate of drug-likeness (QED) is 0.244. The van der Waals surface area contributed by atoms with Crippen molar-refractivity contribution < 1.29 is 19.4 Å². The Morgan fingerprint density at radius 3 is 2.48 bits per heavy atom. The van der Waals surface area contributed by atoms with Gasteiger partial charge in [0.1, 0.15) is 17.6 Å². The van der Waals surface area contributed by atoms with Crippen molar-refractivity contribution in [1.29, 1.82) is 0 Å². The van der Waals surface area contributed by atoms with Crippen molar-refractivity contribution in [2.75, 3.05) is 5.73 Å². The Morgan fingerprint density at radius 1 is 1.00 bits per heavy atom. The van der Waals surface area contributed by atoms with Gasteiger partial charge in [-0.25, -0.2) is 9.98 Å². The Kier molecular flexibility index (Phi) is 8.14. The molecule has 228 valence electrons. The second-order valence-corrected chi connectivity index (χ2v) is 13.2. The molecule has 2 aromatic carbocycles. The number of aliphatic hydroxyl groups is 1. The third kappa shape index (κ3) is 5.80. The molecule has 2 aliphatic carbocycles. The zero-order valence-corrected chi connectivity index (χ0v) is 26.0. The molecule has 7 heteroatoms. The number of aliphatic hydroxyl groups excluding tert-OH is 1. The smallest absolute Gasteiger partial charge is 0.199 e. The molecule has 0 bridgehead atoms. The first-order valence-corrected chi connectivity index (χ1v) is 15.9. The molecule has 7 nitrogen and oxygen atoms in total. The SMILES string of the molecule is CC(C)C(Oc1cc(CC(=O)c2ccc3c(c2)C(O)=C(C2=Nc4ncc(N)cc4CC2)C3=O)cc(C2CCCC2)c1)C(C)C. The average molecular weight is 592 g/mol. The van der Waals surface area contributed by atoms with E-state index in [4.69, 9.17) is 10.5 Å². The zero-order valence-electron chi connectivity index (χ0n) is 26.0. The Bertz CT molecular complexity index is 1690. The molecule has 0 unspecified atom stereocenters. The van der Waals surface area contributed by atoms with Crippen LogP contribution in [0.3, 0.4) is 0 Å². The molecule has 3 aliphatic rings. The van der Waals surface area contributed by atoms with Crippen molar-refractivity contribution in [2.45, 2.75) is 84.7 Å². The number of hydrogen-bond acceptors (Lipinski definition) is 7. The Labute approximate surface area is 259 Å². The molecule has 3 N–H and O–H groups in total. The minimum atomic E-state index is -0.287. The van der Waals surface area contributed by atoms with Crippen LogP contribution in [0.4, 0.5) is 11.5 Å². The largest absolute Gasteiger partial charge is 0.506 e. The number of allylic oxidation sites excluding steroid dienone is 1. The highest BCUT2D eigenvalue weighted by atomic mass is 16.5. The van der Waals surface area contributed by atoms with Crippen LogP contribution < -0.4 is 10.5 Å². The van der Waals surface area contributed by atoms with Crippen LogP contribution in [-0.2, 0) is 12.8 Å². The maximum Gasteiger partial charge on any atom is 0.199 e. The van der Waals surface area contributed by atoms with Crippen LogP contribution >= 0.6 is 0 Å². The average Bonchev–Trinajstić information content (AvgIpc) is 3.62. The Hall–Kier alpha value is -4.26. The van der Waals surface area contributed by atoms with E-state index in [1.54, 1.807) is 18.2 Å². The van der Waals surface area contributed by atoms with Gasteiger partial charge in [-0.2, -0.15) is 0 Å². The number of aromatic nitrogens is 1. The molecule has 2 heterocycles. The van der Waals surface area contributed by atoms with E-state index in [0.29, 0.717) is 64.5 Å². The minimum absolute atomic E-state index is 0.0757. The molecule has 3 aromatic rings. The number of ketones is 2. The summed E-state index contributed by atoms with van der Waals surface area (Å²) in [6.07, 6.45) is 7.68. The second kappa shape index (κ2) is 12.0. The van der Waals surface area contributed by atoms with Crippen LogP contribution in [0.2, 0.25) is 0 Å². The Balaban J connectivity index is 1.28. The summed E-state index contributed by atoms with van der Waals surface area (Å²) in [5, 5.41) is 11.2. The van der Waals surface area contributed by atoms with Gasteiger partial charge in [-0.3, -0.25) is 9.59 Å². The maximum absolute atomic E-state index is 13.7. The van der Waals surface area contributed by atoms with Crippen LogP contribution in [0.15, 0.2) is 59.2 Å². The van der Waals surface area contributed by atoms with E-state index in [1.807, 2.05) is 12.1 Å². The van der Waals surface area contributed by atoms with Crippen LogP contribution in [-0.4, -0.2) is 33.5 Å².